The number of carbonyl (C=O) groups excluding carboxylic acids is 2. The Morgan fingerprint density at radius 1 is 1.26 bits per heavy atom. The number of rotatable bonds is 7. The van der Waals surface area contributed by atoms with E-state index in [2.05, 4.69) is 0 Å². The van der Waals surface area contributed by atoms with Crippen LogP contribution in [0.3, 0.4) is 0 Å². The second-order valence-corrected chi connectivity index (χ2v) is 6.09. The molecule has 0 aromatic heterocycles. The number of methoxy groups -OCH3 is 3. The molecule has 1 atom stereocenters. The van der Waals surface area contributed by atoms with E-state index in [4.69, 9.17) is 14.2 Å². The van der Waals surface area contributed by atoms with Crippen LogP contribution in [0.4, 0.5) is 0 Å². The lowest BCUT2D eigenvalue weighted by molar-refractivity contribution is -0.419. The first-order valence-corrected chi connectivity index (χ1v) is 8.40. The summed E-state index contributed by atoms with van der Waals surface area (Å²) in [6, 6.07) is 5.53. The molecule has 1 aromatic carbocycles. The van der Waals surface area contributed by atoms with Crippen molar-refractivity contribution in [3.63, 3.8) is 0 Å². The molecular weight excluding hydrogens is 352 g/mol. The van der Waals surface area contributed by atoms with Gasteiger partial charge in [-0.25, -0.2) is 9.53 Å². The molecule has 0 saturated heterocycles. The van der Waals surface area contributed by atoms with Crippen LogP contribution in [0, 0.1) is 11.1 Å². The number of hydrogen-bond donors (Lipinski definition) is 0. The van der Waals surface area contributed by atoms with Gasteiger partial charge in [0.2, 0.25) is 5.91 Å². The van der Waals surface area contributed by atoms with E-state index in [0.717, 1.165) is 5.56 Å². The normalized spacial score (nSPS) is 17.4. The summed E-state index contributed by atoms with van der Waals surface area (Å²) in [5.41, 5.74) is 1.63. The number of allylic oxidation sites excluding steroid dienone is 1. The summed E-state index contributed by atoms with van der Waals surface area (Å²) >= 11 is 0. The van der Waals surface area contributed by atoms with Gasteiger partial charge in [0.05, 0.1) is 26.9 Å². The highest BCUT2D eigenvalue weighted by molar-refractivity contribution is 6.09. The van der Waals surface area contributed by atoms with E-state index in [9.17, 15) is 14.8 Å². The number of carbonyl (C=O) groups is 2. The van der Waals surface area contributed by atoms with Crippen LogP contribution < -0.4 is 9.47 Å². The zero-order valence-electron chi connectivity index (χ0n) is 16.1. The van der Waals surface area contributed by atoms with Crippen molar-refractivity contribution < 1.29 is 28.5 Å². The van der Waals surface area contributed by atoms with Gasteiger partial charge in [-0.3, -0.25) is 4.79 Å². The second kappa shape index (κ2) is 8.57. The van der Waals surface area contributed by atoms with Gasteiger partial charge in [-0.15, -0.1) is 0 Å². The van der Waals surface area contributed by atoms with Gasteiger partial charge in [-0.2, -0.15) is 0 Å². The molecule has 8 nitrogen and oxygen atoms in total. The van der Waals surface area contributed by atoms with E-state index in [1.165, 1.54) is 25.3 Å². The Morgan fingerprint density at radius 3 is 2.48 bits per heavy atom. The van der Waals surface area contributed by atoms with Crippen LogP contribution in [-0.4, -0.2) is 62.7 Å². The summed E-state index contributed by atoms with van der Waals surface area (Å²) < 4.78 is 15.8. The van der Waals surface area contributed by atoms with Gasteiger partial charge in [0.1, 0.15) is 13.0 Å². The van der Waals surface area contributed by atoms with Crippen LogP contribution in [0.25, 0.3) is 0 Å². The lowest BCUT2D eigenvalue weighted by Gasteiger charge is -2.19. The molecule has 1 aromatic rings. The van der Waals surface area contributed by atoms with Gasteiger partial charge in [-0.1, -0.05) is 6.07 Å². The molecule has 27 heavy (non-hydrogen) atoms. The summed E-state index contributed by atoms with van der Waals surface area (Å²) in [7, 11) is 5.63. The van der Waals surface area contributed by atoms with Crippen molar-refractivity contribution >= 4 is 18.1 Å². The molecule has 0 fully saturated rings. The zero-order chi connectivity index (χ0) is 20.1. The summed E-state index contributed by atoms with van der Waals surface area (Å²) in [4.78, 5) is 26.4. The van der Waals surface area contributed by atoms with Crippen LogP contribution in [0.15, 0.2) is 29.5 Å². The SMILES string of the molecule is COC(=O)C1=C(C)N(CCc2ccc(OC)c(OC)c2)C(=O)C1C=[N+](C)[O-]. The Labute approximate surface area is 158 Å². The maximum Gasteiger partial charge on any atom is 0.336 e. The zero-order valence-corrected chi connectivity index (χ0v) is 16.1. The maximum absolute atomic E-state index is 12.8. The number of ether oxygens (including phenoxy) is 3. The molecular formula is C19H24N2O6. The number of hydrogen-bond acceptors (Lipinski definition) is 6. The van der Waals surface area contributed by atoms with Gasteiger partial charge < -0.3 is 24.3 Å². The molecule has 2 rings (SSSR count). The van der Waals surface area contributed by atoms with Crippen molar-refractivity contribution in [1.82, 2.24) is 4.90 Å². The van der Waals surface area contributed by atoms with Gasteiger partial charge >= 0.3 is 5.97 Å². The fraction of sp³-hybridized carbons (Fsp3) is 0.421. The first-order chi connectivity index (χ1) is 12.8. The van der Waals surface area contributed by atoms with Crippen molar-refractivity contribution in [2.24, 2.45) is 5.92 Å². The summed E-state index contributed by atoms with van der Waals surface area (Å²) in [5.74, 6) is -0.654. The van der Waals surface area contributed by atoms with Gasteiger partial charge in [-0.05, 0) is 31.0 Å². The van der Waals surface area contributed by atoms with Crippen LogP contribution in [0.5, 0.6) is 11.5 Å². The van der Waals surface area contributed by atoms with Crippen LogP contribution in [0.2, 0.25) is 0 Å². The molecule has 8 heteroatoms. The van der Waals surface area contributed by atoms with Crippen molar-refractivity contribution in [1.29, 1.82) is 0 Å². The Balaban J connectivity index is 2.25. The van der Waals surface area contributed by atoms with Gasteiger partial charge in [0, 0.05) is 12.2 Å². The second-order valence-electron chi connectivity index (χ2n) is 6.09. The van der Waals surface area contributed by atoms with Crippen molar-refractivity contribution in [3.8, 4) is 11.5 Å². The fourth-order valence-corrected chi connectivity index (χ4v) is 3.11. The summed E-state index contributed by atoms with van der Waals surface area (Å²) in [6.45, 7) is 2.03. The van der Waals surface area contributed by atoms with Crippen molar-refractivity contribution in [2.45, 2.75) is 13.3 Å². The molecule has 0 radical (unpaired) electrons. The lowest BCUT2D eigenvalue weighted by atomic mass is 10.0. The molecule has 0 spiro atoms. The monoisotopic (exact) mass is 376 g/mol. The number of esters is 1. The van der Waals surface area contributed by atoms with E-state index in [0.29, 0.717) is 34.9 Å². The first-order valence-electron chi connectivity index (χ1n) is 8.40. The molecule has 1 heterocycles. The fourth-order valence-electron chi connectivity index (χ4n) is 3.11. The van der Waals surface area contributed by atoms with E-state index in [1.54, 1.807) is 27.2 Å². The number of amides is 1. The van der Waals surface area contributed by atoms with Gasteiger partial charge in [0.25, 0.3) is 0 Å². The predicted molar refractivity (Wildman–Crippen MR) is 98.8 cm³/mol. The molecule has 1 aliphatic heterocycles. The average molecular weight is 376 g/mol. The third-order valence-electron chi connectivity index (χ3n) is 4.47. The van der Waals surface area contributed by atoms with E-state index < -0.39 is 11.9 Å². The molecule has 0 saturated carbocycles. The average Bonchev–Trinajstić information content (AvgIpc) is 2.88. The molecule has 1 amide bonds. The minimum Gasteiger partial charge on any atom is -0.624 e. The standard InChI is InChI=1S/C19H24N2O6/c1-12-17(19(23)27-5)14(11-20(2)24)18(22)21(12)9-8-13-6-7-15(25-3)16(10-13)26-4/h6-7,10-11,14H,8-9H2,1-5H3. The summed E-state index contributed by atoms with van der Waals surface area (Å²) in [5, 5.41) is 11.4. The highest BCUT2D eigenvalue weighted by atomic mass is 16.5. The maximum atomic E-state index is 12.8. The Morgan fingerprint density at radius 2 is 1.93 bits per heavy atom. The quantitative estimate of drug-likeness (QED) is 0.235. The first kappa shape index (κ1) is 20.3. The smallest absolute Gasteiger partial charge is 0.336 e. The topological polar surface area (TPSA) is 91.1 Å². The van der Waals surface area contributed by atoms with E-state index in [1.807, 2.05) is 12.1 Å². The minimum absolute atomic E-state index is 0.192. The summed E-state index contributed by atoms with van der Waals surface area (Å²) in [6.07, 6.45) is 1.71. The minimum atomic E-state index is -0.939. The predicted octanol–water partition coefficient (Wildman–Crippen LogP) is 1.36. The third-order valence-corrected chi connectivity index (χ3v) is 4.47. The van der Waals surface area contributed by atoms with Crippen molar-refractivity contribution in [3.05, 3.63) is 40.2 Å². The van der Waals surface area contributed by atoms with E-state index in [-0.39, 0.29) is 11.5 Å². The van der Waals surface area contributed by atoms with E-state index >= 15 is 0 Å². The van der Waals surface area contributed by atoms with Crippen LogP contribution >= 0.6 is 0 Å². The largest absolute Gasteiger partial charge is 0.624 e. The van der Waals surface area contributed by atoms with Crippen LogP contribution in [-0.2, 0) is 20.7 Å². The highest BCUT2D eigenvalue weighted by Gasteiger charge is 2.42. The third kappa shape index (κ3) is 4.21. The molecule has 0 aliphatic carbocycles. The Kier molecular flexibility index (Phi) is 6.44. The molecule has 0 bridgehead atoms. The molecule has 0 N–H and O–H groups in total. The Bertz CT molecular complexity index is 795. The van der Waals surface area contributed by atoms with Gasteiger partial charge in [0.15, 0.2) is 17.7 Å². The number of benzene rings is 1. The molecule has 146 valence electrons. The Hall–Kier alpha value is -3.03. The number of nitrogens with zero attached hydrogens (tertiary/aromatic N) is 2. The highest BCUT2D eigenvalue weighted by Crippen LogP contribution is 2.31. The van der Waals surface area contributed by atoms with Crippen molar-refractivity contribution in [2.75, 3.05) is 34.9 Å². The molecule has 1 aliphatic rings. The molecule has 1 unspecified atom stereocenters. The lowest BCUT2D eigenvalue weighted by Crippen LogP contribution is -2.32. The van der Waals surface area contributed by atoms with Crippen LogP contribution in [0.1, 0.15) is 12.5 Å². The number of hydroxylamine groups is 1.